The van der Waals surface area contributed by atoms with Gasteiger partial charge in [-0.1, -0.05) is 23.7 Å². The number of hydrogen-bond acceptors (Lipinski definition) is 6. The normalized spacial score (nSPS) is 10.5. The van der Waals surface area contributed by atoms with Crippen molar-refractivity contribution in [1.82, 2.24) is 20.0 Å². The summed E-state index contributed by atoms with van der Waals surface area (Å²) >= 11 is 5.78. The lowest BCUT2D eigenvalue weighted by molar-refractivity contribution is 0.295. The first-order chi connectivity index (χ1) is 12.6. The summed E-state index contributed by atoms with van der Waals surface area (Å²) in [5.74, 6) is 1.11. The number of aliphatic hydroxyl groups is 1. The van der Waals surface area contributed by atoms with Crippen LogP contribution < -0.4 is 4.74 Å². The number of hydrogen-bond donors (Lipinski definition) is 1. The maximum Gasteiger partial charge on any atom is 0.176 e. The number of halogens is 1. The number of nitrogens with zero attached hydrogens (tertiary/aromatic N) is 5. The minimum atomic E-state index is 0.103. The Morgan fingerprint density at radius 3 is 2.58 bits per heavy atom. The van der Waals surface area contributed by atoms with Crippen molar-refractivity contribution in [2.45, 2.75) is 20.0 Å². The van der Waals surface area contributed by atoms with Gasteiger partial charge in [-0.2, -0.15) is 10.4 Å². The number of benzene rings is 1. The summed E-state index contributed by atoms with van der Waals surface area (Å²) in [6.07, 6.45) is 0.597. The second kappa shape index (κ2) is 7.95. The summed E-state index contributed by atoms with van der Waals surface area (Å²) in [6.45, 7) is 2.01. The van der Waals surface area contributed by atoms with Gasteiger partial charge in [0.2, 0.25) is 0 Å². The van der Waals surface area contributed by atoms with Crippen LogP contribution in [-0.4, -0.2) is 31.7 Å². The molecule has 132 valence electrons. The highest BCUT2D eigenvalue weighted by Crippen LogP contribution is 2.20. The lowest BCUT2D eigenvalue weighted by Gasteiger charge is -2.09. The van der Waals surface area contributed by atoms with Crippen LogP contribution in [0.5, 0.6) is 5.75 Å². The number of aliphatic hydroxyl groups excluding tert-OH is 1. The molecule has 8 heteroatoms. The van der Waals surface area contributed by atoms with Crippen molar-refractivity contribution < 1.29 is 9.84 Å². The van der Waals surface area contributed by atoms with E-state index in [1.165, 1.54) is 4.68 Å². The fraction of sp³-hybridized carbons (Fsp3) is 0.222. The summed E-state index contributed by atoms with van der Waals surface area (Å²) in [6, 6.07) is 12.9. The largest absolute Gasteiger partial charge is 0.487 e. The van der Waals surface area contributed by atoms with Crippen molar-refractivity contribution in [2.75, 3.05) is 6.61 Å². The summed E-state index contributed by atoms with van der Waals surface area (Å²) in [5.41, 5.74) is 2.63. The third-order valence-corrected chi connectivity index (χ3v) is 4.00. The van der Waals surface area contributed by atoms with Gasteiger partial charge in [-0.15, -0.1) is 10.2 Å². The van der Waals surface area contributed by atoms with E-state index in [2.05, 4.69) is 21.4 Å². The van der Waals surface area contributed by atoms with Crippen LogP contribution in [0.4, 0.5) is 0 Å². The first-order valence-corrected chi connectivity index (χ1v) is 8.31. The van der Waals surface area contributed by atoms with Crippen LogP contribution in [0.2, 0.25) is 5.15 Å². The van der Waals surface area contributed by atoms with Crippen molar-refractivity contribution in [3.8, 4) is 17.6 Å². The summed E-state index contributed by atoms with van der Waals surface area (Å²) in [4.78, 5) is 0. The molecule has 2 aromatic heterocycles. The Morgan fingerprint density at radius 1 is 1.19 bits per heavy atom. The molecule has 0 atom stereocenters. The van der Waals surface area contributed by atoms with Crippen molar-refractivity contribution in [3.05, 3.63) is 64.1 Å². The summed E-state index contributed by atoms with van der Waals surface area (Å²) < 4.78 is 7.36. The van der Waals surface area contributed by atoms with Gasteiger partial charge in [0.25, 0.3) is 0 Å². The standard InChI is InChI=1S/C18H16ClN5O2/c1-12-15(10-20)16(24(23-12)18-7-6-17(19)21-22-18)11-26-14-4-2-13(3-5-14)8-9-25/h2-7,25H,8-9,11H2,1H3. The fourth-order valence-electron chi connectivity index (χ4n) is 2.50. The molecular weight excluding hydrogens is 354 g/mol. The van der Waals surface area contributed by atoms with E-state index in [4.69, 9.17) is 21.4 Å². The predicted octanol–water partition coefficient (Wildman–Crippen LogP) is 2.61. The molecule has 3 rings (SSSR count). The lowest BCUT2D eigenvalue weighted by atomic mass is 10.1. The van der Waals surface area contributed by atoms with Crippen LogP contribution in [0.25, 0.3) is 5.82 Å². The maximum atomic E-state index is 9.46. The molecule has 0 spiro atoms. The summed E-state index contributed by atoms with van der Waals surface area (Å²) in [5, 5.41) is 30.9. The maximum absolute atomic E-state index is 9.46. The molecular formula is C18H16ClN5O2. The highest BCUT2D eigenvalue weighted by atomic mass is 35.5. The minimum absolute atomic E-state index is 0.103. The van der Waals surface area contributed by atoms with Gasteiger partial charge >= 0.3 is 0 Å². The van der Waals surface area contributed by atoms with E-state index in [0.717, 1.165) is 5.56 Å². The van der Waals surface area contributed by atoms with E-state index in [-0.39, 0.29) is 18.4 Å². The summed E-state index contributed by atoms with van der Waals surface area (Å²) in [7, 11) is 0. The average molecular weight is 370 g/mol. The van der Waals surface area contributed by atoms with Crippen LogP contribution in [0.15, 0.2) is 36.4 Å². The van der Waals surface area contributed by atoms with Crippen LogP contribution in [0.3, 0.4) is 0 Å². The number of rotatable bonds is 6. The van der Waals surface area contributed by atoms with Crippen molar-refractivity contribution in [1.29, 1.82) is 5.26 Å². The quantitative estimate of drug-likeness (QED) is 0.717. The molecule has 0 aliphatic rings. The van der Waals surface area contributed by atoms with Crippen molar-refractivity contribution >= 4 is 11.6 Å². The molecule has 3 aromatic rings. The Kier molecular flexibility index (Phi) is 5.46. The molecule has 0 aliphatic carbocycles. The first-order valence-electron chi connectivity index (χ1n) is 7.93. The minimum Gasteiger partial charge on any atom is -0.487 e. The van der Waals surface area contributed by atoms with E-state index >= 15 is 0 Å². The molecule has 0 saturated heterocycles. The molecule has 0 fully saturated rings. The smallest absolute Gasteiger partial charge is 0.176 e. The highest BCUT2D eigenvalue weighted by molar-refractivity contribution is 6.29. The Labute approximate surface area is 155 Å². The first kappa shape index (κ1) is 17.9. The highest BCUT2D eigenvalue weighted by Gasteiger charge is 2.18. The van der Waals surface area contributed by atoms with Crippen LogP contribution in [-0.2, 0) is 13.0 Å². The van der Waals surface area contributed by atoms with Gasteiger partial charge in [-0.25, -0.2) is 4.68 Å². The lowest BCUT2D eigenvalue weighted by Crippen LogP contribution is -2.09. The van der Waals surface area contributed by atoms with Crippen LogP contribution >= 0.6 is 11.6 Å². The Balaban J connectivity index is 1.86. The van der Waals surface area contributed by atoms with Crippen molar-refractivity contribution in [3.63, 3.8) is 0 Å². The zero-order chi connectivity index (χ0) is 18.5. The van der Waals surface area contributed by atoms with Gasteiger partial charge in [-0.05, 0) is 43.2 Å². The zero-order valence-electron chi connectivity index (χ0n) is 14.1. The molecule has 1 N–H and O–H groups in total. The fourth-order valence-corrected chi connectivity index (χ4v) is 2.60. The second-order valence-corrected chi connectivity index (χ2v) is 5.94. The van der Waals surface area contributed by atoms with Crippen LogP contribution in [0.1, 0.15) is 22.5 Å². The number of ether oxygens (including phenoxy) is 1. The predicted molar refractivity (Wildman–Crippen MR) is 95.2 cm³/mol. The molecule has 0 saturated carbocycles. The zero-order valence-corrected chi connectivity index (χ0v) is 14.8. The molecule has 0 aliphatic heterocycles. The second-order valence-electron chi connectivity index (χ2n) is 5.55. The Morgan fingerprint density at radius 2 is 1.96 bits per heavy atom. The molecule has 7 nitrogen and oxygen atoms in total. The van der Waals surface area contributed by atoms with Crippen LogP contribution in [0, 0.1) is 18.3 Å². The molecule has 26 heavy (non-hydrogen) atoms. The Hall–Kier alpha value is -2.95. The SMILES string of the molecule is Cc1nn(-c2ccc(Cl)nn2)c(COc2ccc(CCO)cc2)c1C#N. The average Bonchev–Trinajstić information content (AvgIpc) is 2.97. The third-order valence-electron chi connectivity index (χ3n) is 3.80. The molecule has 2 heterocycles. The van der Waals surface area contributed by atoms with E-state index in [1.54, 1.807) is 19.1 Å². The molecule has 1 aromatic carbocycles. The van der Waals surface area contributed by atoms with E-state index in [1.807, 2.05) is 24.3 Å². The number of nitriles is 1. The molecule has 0 radical (unpaired) electrons. The van der Waals surface area contributed by atoms with Crippen molar-refractivity contribution in [2.24, 2.45) is 0 Å². The van der Waals surface area contributed by atoms with Gasteiger partial charge in [0.05, 0.1) is 5.69 Å². The van der Waals surface area contributed by atoms with Gasteiger partial charge in [-0.3, -0.25) is 0 Å². The number of aryl methyl sites for hydroxylation is 1. The molecule has 0 amide bonds. The van der Waals surface area contributed by atoms with Gasteiger partial charge in [0.15, 0.2) is 11.0 Å². The van der Waals surface area contributed by atoms with E-state index < -0.39 is 0 Å². The van der Waals surface area contributed by atoms with Gasteiger partial charge in [0, 0.05) is 6.61 Å². The Bertz CT molecular complexity index is 930. The molecule has 0 bridgehead atoms. The van der Waals surface area contributed by atoms with Gasteiger partial charge in [0.1, 0.15) is 29.7 Å². The monoisotopic (exact) mass is 369 g/mol. The van der Waals surface area contributed by atoms with Gasteiger partial charge < -0.3 is 9.84 Å². The molecule has 0 unspecified atom stereocenters. The van der Waals surface area contributed by atoms with E-state index in [0.29, 0.717) is 34.9 Å². The number of aromatic nitrogens is 4. The third kappa shape index (κ3) is 3.82. The topological polar surface area (TPSA) is 96.8 Å². The van der Waals surface area contributed by atoms with E-state index in [9.17, 15) is 5.26 Å².